The van der Waals surface area contributed by atoms with E-state index in [9.17, 15) is 0 Å². The van der Waals surface area contributed by atoms with E-state index >= 15 is 0 Å². The topological polar surface area (TPSA) is 0 Å². The van der Waals surface area contributed by atoms with Crippen LogP contribution in [-0.2, 0) is 10.8 Å². The Morgan fingerprint density at radius 3 is 1.88 bits per heavy atom. The third-order valence-corrected chi connectivity index (χ3v) is 7.57. The Hall–Kier alpha value is -2.34. The summed E-state index contributed by atoms with van der Waals surface area (Å²) in [5.74, 6) is 0.411. The highest BCUT2D eigenvalue weighted by molar-refractivity contribution is 5.83. The number of fused-ring (bicyclic) bond motifs is 2. The first-order chi connectivity index (χ1) is 15.5. The van der Waals surface area contributed by atoms with Gasteiger partial charge >= 0.3 is 0 Å². The van der Waals surface area contributed by atoms with Gasteiger partial charge in [-0.2, -0.15) is 0 Å². The minimum Gasteiger partial charge on any atom is -0.0735 e. The maximum absolute atomic E-state index is 2.51. The highest BCUT2D eigenvalue weighted by Crippen LogP contribution is 2.41. The lowest BCUT2D eigenvalue weighted by atomic mass is 9.79. The van der Waals surface area contributed by atoms with Gasteiger partial charge in [0.25, 0.3) is 0 Å². The quantitative estimate of drug-likeness (QED) is 0.352. The predicted molar refractivity (Wildman–Crippen MR) is 150 cm³/mol. The van der Waals surface area contributed by atoms with Crippen LogP contribution in [0.15, 0.2) is 42.0 Å². The molecule has 0 spiro atoms. The molecule has 34 heavy (non-hydrogen) atoms. The Morgan fingerprint density at radius 2 is 1.38 bits per heavy atom. The number of allylic oxidation sites excluding steroid dienone is 4. The number of hydrogen-bond acceptors (Lipinski definition) is 0. The van der Waals surface area contributed by atoms with Gasteiger partial charge in [-0.3, -0.25) is 0 Å². The van der Waals surface area contributed by atoms with E-state index < -0.39 is 0 Å². The molecule has 0 aromatic heterocycles. The first-order valence-electron chi connectivity index (χ1n) is 13.0. The molecule has 0 nitrogen and oxygen atoms in total. The fourth-order valence-electron chi connectivity index (χ4n) is 5.49. The predicted octanol–water partition coefficient (Wildman–Crippen LogP) is 7.91. The summed E-state index contributed by atoms with van der Waals surface area (Å²) < 4.78 is 0. The van der Waals surface area contributed by atoms with Crippen LogP contribution >= 0.6 is 0 Å². The van der Waals surface area contributed by atoms with Crippen molar-refractivity contribution in [2.24, 2.45) is 11.3 Å². The minimum absolute atomic E-state index is 0.0590. The summed E-state index contributed by atoms with van der Waals surface area (Å²) in [6.45, 7) is 28.0. The third kappa shape index (κ3) is 4.15. The van der Waals surface area contributed by atoms with Gasteiger partial charge < -0.3 is 0 Å². The number of rotatable bonds is 1. The monoisotopic (exact) mass is 452 g/mol. The fraction of sp³-hybridized carbons (Fsp3) is 0.471. The minimum atomic E-state index is 0.0590. The zero-order chi connectivity index (χ0) is 25.4. The van der Waals surface area contributed by atoms with Crippen LogP contribution in [0.1, 0.15) is 105 Å². The molecule has 0 bridgehead atoms. The zero-order valence-electron chi connectivity index (χ0n) is 23.6. The van der Waals surface area contributed by atoms with Gasteiger partial charge in [-0.25, -0.2) is 0 Å². The molecule has 0 aliphatic heterocycles. The molecule has 4 rings (SSSR count). The van der Waals surface area contributed by atoms with Crippen molar-refractivity contribution in [2.75, 3.05) is 0 Å². The first kappa shape index (κ1) is 24.8. The van der Waals surface area contributed by atoms with E-state index in [1.54, 1.807) is 0 Å². The van der Waals surface area contributed by atoms with E-state index in [0.29, 0.717) is 5.92 Å². The SMILES string of the molecule is CC(C)=c1c(C(C)(C)C)cc2c(c1C1=CC(C(C)(C)C)=CC1C)C=c1ccc(C(C)(C)C)cc1=2. The Morgan fingerprint density at radius 1 is 0.735 bits per heavy atom. The van der Waals surface area contributed by atoms with Crippen LogP contribution in [0.2, 0.25) is 0 Å². The van der Waals surface area contributed by atoms with E-state index in [1.165, 1.54) is 59.8 Å². The molecule has 1 atom stereocenters. The van der Waals surface area contributed by atoms with Gasteiger partial charge in [0.1, 0.15) is 0 Å². The molecule has 0 amide bonds. The van der Waals surface area contributed by atoms with Crippen LogP contribution in [-0.4, -0.2) is 0 Å². The maximum atomic E-state index is 2.51. The van der Waals surface area contributed by atoms with Crippen molar-refractivity contribution in [1.29, 1.82) is 0 Å². The summed E-state index contributed by atoms with van der Waals surface area (Å²) in [5.41, 5.74) is 10.4. The van der Waals surface area contributed by atoms with Gasteiger partial charge in [-0.1, -0.05) is 105 Å². The molecule has 2 aromatic carbocycles. The second-order valence-electron chi connectivity index (χ2n) is 13.8. The van der Waals surface area contributed by atoms with Gasteiger partial charge in [0.15, 0.2) is 0 Å². The molecule has 0 heterocycles. The summed E-state index contributed by atoms with van der Waals surface area (Å²) in [4.78, 5) is 0. The lowest BCUT2D eigenvalue weighted by Gasteiger charge is -2.25. The van der Waals surface area contributed by atoms with Crippen LogP contribution in [0, 0.1) is 21.8 Å². The van der Waals surface area contributed by atoms with Crippen molar-refractivity contribution in [2.45, 2.75) is 93.9 Å². The fourth-order valence-corrected chi connectivity index (χ4v) is 5.49. The standard InChI is InChI=1S/C34H44/c1-20(2)30-29(34(10,11)12)19-27-26-17-23(32(4,5)6)14-13-22(26)16-28(27)31(30)25-18-24(15-21(25)3)33(7,8)9/h13-19,21H,1-12H3. The van der Waals surface area contributed by atoms with Crippen LogP contribution in [0.3, 0.4) is 0 Å². The second-order valence-corrected chi connectivity index (χ2v) is 13.8. The van der Waals surface area contributed by atoms with E-state index in [-0.39, 0.29) is 16.2 Å². The van der Waals surface area contributed by atoms with E-state index in [0.717, 1.165) is 0 Å². The molecule has 0 heteroatoms. The van der Waals surface area contributed by atoms with Crippen molar-refractivity contribution >= 4 is 17.2 Å². The lowest BCUT2D eigenvalue weighted by molar-refractivity contribution is 0.516. The molecule has 2 aliphatic carbocycles. The summed E-state index contributed by atoms with van der Waals surface area (Å²) >= 11 is 0. The molecule has 0 fully saturated rings. The molecule has 180 valence electrons. The van der Waals surface area contributed by atoms with E-state index in [1.807, 2.05) is 0 Å². The Balaban J connectivity index is 2.22. The molecule has 0 saturated carbocycles. The summed E-state index contributed by atoms with van der Waals surface area (Å²) in [6.07, 6.45) is 7.44. The smallest absolute Gasteiger partial charge is 0.000207 e. The zero-order valence-corrected chi connectivity index (χ0v) is 23.6. The number of benzene rings is 2. The van der Waals surface area contributed by atoms with Gasteiger partial charge in [-0.05, 0) is 96.5 Å². The lowest BCUT2D eigenvalue weighted by Crippen LogP contribution is -2.28. The molecule has 0 N–H and O–H groups in total. The second kappa shape index (κ2) is 7.84. The highest BCUT2D eigenvalue weighted by Gasteiger charge is 2.29. The average molecular weight is 453 g/mol. The van der Waals surface area contributed by atoms with Crippen LogP contribution < -0.4 is 10.4 Å². The molecule has 2 aliphatic rings. The highest BCUT2D eigenvalue weighted by atomic mass is 14.3. The van der Waals surface area contributed by atoms with Gasteiger partial charge in [0, 0.05) is 5.92 Å². The number of hydrogen-bond donors (Lipinski definition) is 0. The van der Waals surface area contributed by atoms with E-state index in [2.05, 4.69) is 126 Å². The maximum Gasteiger partial charge on any atom is 0.000207 e. The van der Waals surface area contributed by atoms with Crippen molar-refractivity contribution in [3.05, 3.63) is 85.1 Å². The Labute approximate surface area is 207 Å². The molecular formula is C34H44. The molecular weight excluding hydrogens is 408 g/mol. The largest absolute Gasteiger partial charge is 0.0735 e. The van der Waals surface area contributed by atoms with Crippen molar-refractivity contribution < 1.29 is 0 Å². The van der Waals surface area contributed by atoms with Gasteiger partial charge in [0.2, 0.25) is 0 Å². The molecule has 0 radical (unpaired) electrons. The first-order valence-corrected chi connectivity index (χ1v) is 13.0. The normalized spacial score (nSPS) is 17.7. The Kier molecular flexibility index (Phi) is 5.71. The van der Waals surface area contributed by atoms with Crippen molar-refractivity contribution in [3.8, 4) is 0 Å². The molecule has 0 saturated heterocycles. The summed E-state index contributed by atoms with van der Waals surface area (Å²) in [6, 6.07) is 9.61. The van der Waals surface area contributed by atoms with Crippen LogP contribution in [0.4, 0.5) is 0 Å². The molecule has 2 aromatic rings. The van der Waals surface area contributed by atoms with Crippen molar-refractivity contribution in [3.63, 3.8) is 0 Å². The summed E-state index contributed by atoms with van der Waals surface area (Å²) in [7, 11) is 0. The van der Waals surface area contributed by atoms with E-state index in [4.69, 9.17) is 0 Å². The summed E-state index contributed by atoms with van der Waals surface area (Å²) in [5, 5.41) is 5.60. The third-order valence-electron chi connectivity index (χ3n) is 7.57. The van der Waals surface area contributed by atoms with Gasteiger partial charge in [-0.15, -0.1) is 0 Å². The van der Waals surface area contributed by atoms with Gasteiger partial charge in [0.05, 0.1) is 0 Å². The van der Waals surface area contributed by atoms with Crippen molar-refractivity contribution in [1.82, 2.24) is 0 Å². The van der Waals surface area contributed by atoms with Crippen LogP contribution in [0.5, 0.6) is 0 Å². The average Bonchev–Trinajstić information content (AvgIpc) is 3.24. The molecule has 1 unspecified atom stereocenters. The van der Waals surface area contributed by atoms with Crippen LogP contribution in [0.25, 0.3) is 17.2 Å². The Bertz CT molecular complexity index is 1450.